The minimum atomic E-state index is -0.816. The van der Waals surface area contributed by atoms with Crippen LogP contribution >= 0.6 is 11.5 Å². The lowest BCUT2D eigenvalue weighted by molar-refractivity contribution is -0.136. The zero-order chi connectivity index (χ0) is 8.97. The van der Waals surface area contributed by atoms with Crippen molar-refractivity contribution < 1.29 is 9.90 Å². The van der Waals surface area contributed by atoms with Crippen LogP contribution in [0.2, 0.25) is 0 Å². The molecule has 1 aromatic heterocycles. The summed E-state index contributed by atoms with van der Waals surface area (Å²) in [7, 11) is 0. The molecule has 0 unspecified atom stereocenters. The maximum atomic E-state index is 10.1. The standard InChI is InChI=1S/C6H9N3O2S/c1-4-8-6(12-9-4)7-3-2-5(10)11/h2-3H2,1H3,(H,10,11)(H,7,8,9). The summed E-state index contributed by atoms with van der Waals surface area (Å²) in [4.78, 5) is 14.1. The highest BCUT2D eigenvalue weighted by Crippen LogP contribution is 2.09. The van der Waals surface area contributed by atoms with Gasteiger partial charge in [-0.25, -0.2) is 4.98 Å². The lowest BCUT2D eigenvalue weighted by Gasteiger charge is -1.96. The Labute approximate surface area is 73.6 Å². The lowest BCUT2D eigenvalue weighted by atomic mass is 10.4. The van der Waals surface area contributed by atoms with Crippen molar-refractivity contribution in [3.8, 4) is 0 Å². The number of carboxylic acids is 1. The first-order chi connectivity index (χ1) is 5.68. The number of aliphatic carboxylic acids is 1. The fourth-order valence-corrected chi connectivity index (χ4v) is 1.24. The minimum Gasteiger partial charge on any atom is -0.481 e. The molecule has 0 fully saturated rings. The highest BCUT2D eigenvalue weighted by atomic mass is 32.1. The Hall–Kier alpha value is -1.17. The first kappa shape index (κ1) is 8.92. The maximum absolute atomic E-state index is 10.1. The molecule has 0 amide bonds. The van der Waals surface area contributed by atoms with Crippen molar-refractivity contribution in [3.05, 3.63) is 5.82 Å². The molecule has 2 N–H and O–H groups in total. The summed E-state index contributed by atoms with van der Waals surface area (Å²) in [6.45, 7) is 2.18. The van der Waals surface area contributed by atoms with Gasteiger partial charge in [0.15, 0.2) is 0 Å². The number of carbonyl (C=O) groups is 1. The highest BCUT2D eigenvalue weighted by Gasteiger charge is 2.00. The molecule has 5 nitrogen and oxygen atoms in total. The van der Waals surface area contributed by atoms with Crippen LogP contribution < -0.4 is 5.32 Å². The largest absolute Gasteiger partial charge is 0.481 e. The second-order valence-corrected chi connectivity index (χ2v) is 2.97. The molecule has 1 rings (SSSR count). The molecule has 1 heterocycles. The van der Waals surface area contributed by atoms with Gasteiger partial charge in [-0.05, 0) is 6.92 Å². The molecular weight excluding hydrogens is 178 g/mol. The van der Waals surface area contributed by atoms with Crippen LogP contribution in [0.15, 0.2) is 0 Å². The Morgan fingerprint density at radius 2 is 2.50 bits per heavy atom. The fourth-order valence-electron chi connectivity index (χ4n) is 0.645. The second kappa shape index (κ2) is 4.01. The first-order valence-corrected chi connectivity index (χ1v) is 4.22. The second-order valence-electron chi connectivity index (χ2n) is 2.22. The van der Waals surface area contributed by atoms with Crippen LogP contribution in [0.4, 0.5) is 5.13 Å². The van der Waals surface area contributed by atoms with Crippen molar-refractivity contribution in [1.29, 1.82) is 0 Å². The van der Waals surface area contributed by atoms with E-state index >= 15 is 0 Å². The normalized spacial score (nSPS) is 9.75. The molecule has 0 aliphatic carbocycles. The van der Waals surface area contributed by atoms with Gasteiger partial charge in [0, 0.05) is 18.1 Å². The van der Waals surface area contributed by atoms with Crippen LogP contribution in [0.3, 0.4) is 0 Å². The Kier molecular flexibility index (Phi) is 2.98. The Balaban J connectivity index is 2.29. The van der Waals surface area contributed by atoms with Crippen LogP contribution in [0.5, 0.6) is 0 Å². The molecule has 0 spiro atoms. The van der Waals surface area contributed by atoms with Crippen LogP contribution in [0, 0.1) is 6.92 Å². The molecule has 0 atom stereocenters. The summed E-state index contributed by atoms with van der Waals surface area (Å²) in [5.41, 5.74) is 0. The van der Waals surface area contributed by atoms with Crippen molar-refractivity contribution >= 4 is 22.6 Å². The quantitative estimate of drug-likeness (QED) is 0.726. The van der Waals surface area contributed by atoms with E-state index in [2.05, 4.69) is 14.7 Å². The van der Waals surface area contributed by atoms with Gasteiger partial charge in [0.2, 0.25) is 5.13 Å². The number of hydrogen-bond donors (Lipinski definition) is 2. The summed E-state index contributed by atoms with van der Waals surface area (Å²) in [6, 6.07) is 0. The van der Waals surface area contributed by atoms with Gasteiger partial charge in [-0.1, -0.05) is 0 Å². The third-order valence-electron chi connectivity index (χ3n) is 1.14. The zero-order valence-electron chi connectivity index (χ0n) is 6.57. The van der Waals surface area contributed by atoms with Crippen LogP contribution in [-0.4, -0.2) is 27.0 Å². The van der Waals surface area contributed by atoms with E-state index in [0.717, 1.165) is 0 Å². The molecule has 12 heavy (non-hydrogen) atoms. The van der Waals surface area contributed by atoms with Crippen LogP contribution in [0.25, 0.3) is 0 Å². The highest BCUT2D eigenvalue weighted by molar-refractivity contribution is 7.09. The predicted octanol–water partition coefficient (Wildman–Crippen LogP) is 0.733. The molecule has 0 aliphatic rings. The third kappa shape index (κ3) is 2.83. The van der Waals surface area contributed by atoms with Gasteiger partial charge in [-0.3, -0.25) is 4.79 Å². The number of rotatable bonds is 4. The summed E-state index contributed by atoms with van der Waals surface area (Å²) in [6.07, 6.45) is 0.0959. The van der Waals surface area contributed by atoms with E-state index < -0.39 is 5.97 Å². The molecule has 66 valence electrons. The molecule has 0 bridgehead atoms. The lowest BCUT2D eigenvalue weighted by Crippen LogP contribution is -2.07. The van der Waals surface area contributed by atoms with Gasteiger partial charge in [-0.15, -0.1) is 0 Å². The fraction of sp³-hybridized carbons (Fsp3) is 0.500. The molecule has 0 aromatic carbocycles. The Bertz CT molecular complexity index is 274. The molecule has 1 aromatic rings. The van der Waals surface area contributed by atoms with E-state index in [9.17, 15) is 4.79 Å². The van der Waals surface area contributed by atoms with Gasteiger partial charge in [0.1, 0.15) is 5.82 Å². The SMILES string of the molecule is Cc1nsc(NCCC(=O)O)n1. The number of aryl methyl sites for hydroxylation is 1. The topological polar surface area (TPSA) is 75.1 Å². The molecular formula is C6H9N3O2S. The van der Waals surface area contributed by atoms with E-state index in [-0.39, 0.29) is 6.42 Å². The summed E-state index contributed by atoms with van der Waals surface area (Å²) >= 11 is 1.24. The Morgan fingerprint density at radius 1 is 1.75 bits per heavy atom. The first-order valence-electron chi connectivity index (χ1n) is 3.44. The van der Waals surface area contributed by atoms with Gasteiger partial charge >= 0.3 is 5.97 Å². The summed E-state index contributed by atoms with van der Waals surface area (Å²) < 4.78 is 3.94. The van der Waals surface area contributed by atoms with Crippen molar-refractivity contribution in [2.24, 2.45) is 0 Å². The third-order valence-corrected chi connectivity index (χ3v) is 1.91. The number of carboxylic acid groups (broad SMARTS) is 1. The van der Waals surface area contributed by atoms with Gasteiger partial charge < -0.3 is 10.4 Å². The van der Waals surface area contributed by atoms with Crippen LogP contribution in [0.1, 0.15) is 12.2 Å². The van der Waals surface area contributed by atoms with E-state index in [1.165, 1.54) is 11.5 Å². The van der Waals surface area contributed by atoms with Gasteiger partial charge in [0.25, 0.3) is 0 Å². The number of nitrogens with one attached hydrogen (secondary N) is 1. The van der Waals surface area contributed by atoms with E-state index in [1.807, 2.05) is 0 Å². The predicted molar refractivity (Wildman–Crippen MR) is 45.4 cm³/mol. The minimum absolute atomic E-state index is 0.0959. The van der Waals surface area contributed by atoms with Gasteiger partial charge in [-0.2, -0.15) is 4.37 Å². The zero-order valence-corrected chi connectivity index (χ0v) is 7.39. The van der Waals surface area contributed by atoms with E-state index in [1.54, 1.807) is 6.92 Å². The molecule has 0 aliphatic heterocycles. The van der Waals surface area contributed by atoms with E-state index in [4.69, 9.17) is 5.11 Å². The van der Waals surface area contributed by atoms with Crippen LogP contribution in [-0.2, 0) is 4.79 Å². The number of anilines is 1. The average Bonchev–Trinajstić information content (AvgIpc) is 2.35. The average molecular weight is 187 g/mol. The molecule has 0 saturated carbocycles. The molecule has 6 heteroatoms. The van der Waals surface area contributed by atoms with Crippen molar-refractivity contribution in [3.63, 3.8) is 0 Å². The number of hydrogen-bond acceptors (Lipinski definition) is 5. The number of aromatic nitrogens is 2. The maximum Gasteiger partial charge on any atom is 0.305 e. The Morgan fingerprint density at radius 3 is 3.00 bits per heavy atom. The van der Waals surface area contributed by atoms with Crippen molar-refractivity contribution in [2.45, 2.75) is 13.3 Å². The summed E-state index contributed by atoms with van der Waals surface area (Å²) in [5.74, 6) is -0.110. The summed E-state index contributed by atoms with van der Waals surface area (Å²) in [5, 5.41) is 11.9. The van der Waals surface area contributed by atoms with Crippen molar-refractivity contribution in [1.82, 2.24) is 9.36 Å². The molecule has 0 radical (unpaired) electrons. The van der Waals surface area contributed by atoms with Crippen molar-refractivity contribution in [2.75, 3.05) is 11.9 Å². The molecule has 0 saturated heterocycles. The van der Waals surface area contributed by atoms with E-state index in [0.29, 0.717) is 17.5 Å². The number of nitrogens with zero attached hydrogens (tertiary/aromatic N) is 2. The van der Waals surface area contributed by atoms with Gasteiger partial charge in [0.05, 0.1) is 6.42 Å². The monoisotopic (exact) mass is 187 g/mol. The smallest absolute Gasteiger partial charge is 0.305 e.